The van der Waals surface area contributed by atoms with E-state index in [4.69, 9.17) is 0 Å². The van der Waals surface area contributed by atoms with Gasteiger partial charge in [-0.25, -0.2) is 17.6 Å². The molecule has 0 spiro atoms. The third-order valence-corrected chi connectivity index (χ3v) is 2.95. The molecular weight excluding hydrogens is 272 g/mol. The molecule has 0 fully saturated rings. The average Bonchev–Trinajstić information content (AvgIpc) is 2.84. The Morgan fingerprint density at radius 3 is 2.35 bits per heavy atom. The minimum Gasteiger partial charge on any atom is -0.375 e. The van der Waals surface area contributed by atoms with Gasteiger partial charge in [0.2, 0.25) is 0 Å². The number of nitrogens with one attached hydrogen (secondary N) is 1. The molecule has 1 aromatic heterocycles. The van der Waals surface area contributed by atoms with Crippen LogP contribution in [0.2, 0.25) is 0 Å². The molecule has 1 heterocycles. The Kier molecular flexibility index (Phi) is 4.32. The highest BCUT2D eigenvalue weighted by molar-refractivity contribution is 5.47. The zero-order chi connectivity index (χ0) is 14.7. The fraction of sp³-hybridized carbons (Fsp3) is 0.286. The molecule has 0 amide bonds. The SMILES string of the molecule is CCCn1cccc1CNc1c(F)c(F)cc(F)c1F. The van der Waals surface area contributed by atoms with Crippen LogP contribution in [0.25, 0.3) is 0 Å². The van der Waals surface area contributed by atoms with Crippen molar-refractivity contribution in [1.29, 1.82) is 0 Å². The number of nitrogens with zero attached hydrogens (tertiary/aromatic N) is 1. The first-order valence-electron chi connectivity index (χ1n) is 6.25. The summed E-state index contributed by atoms with van der Waals surface area (Å²) in [6, 6.07) is 3.76. The number of aryl methyl sites for hydroxylation is 1. The van der Waals surface area contributed by atoms with Crippen LogP contribution in [0.1, 0.15) is 19.0 Å². The Balaban J connectivity index is 2.21. The number of hydrogen-bond acceptors (Lipinski definition) is 1. The van der Waals surface area contributed by atoms with E-state index < -0.39 is 29.0 Å². The molecule has 0 aliphatic rings. The van der Waals surface area contributed by atoms with Crippen molar-refractivity contribution in [2.45, 2.75) is 26.4 Å². The van der Waals surface area contributed by atoms with Gasteiger partial charge in [0.1, 0.15) is 5.69 Å². The quantitative estimate of drug-likeness (QED) is 0.647. The predicted molar refractivity (Wildman–Crippen MR) is 68.3 cm³/mol. The van der Waals surface area contributed by atoms with Crippen LogP contribution in [0.5, 0.6) is 0 Å². The molecule has 108 valence electrons. The van der Waals surface area contributed by atoms with Gasteiger partial charge in [0.15, 0.2) is 23.3 Å². The Morgan fingerprint density at radius 2 is 1.75 bits per heavy atom. The van der Waals surface area contributed by atoms with Gasteiger partial charge in [0.25, 0.3) is 0 Å². The number of anilines is 1. The Bertz CT molecular complexity index is 581. The Morgan fingerprint density at radius 1 is 1.10 bits per heavy atom. The lowest BCUT2D eigenvalue weighted by Gasteiger charge is -2.12. The zero-order valence-corrected chi connectivity index (χ0v) is 10.9. The van der Waals surface area contributed by atoms with E-state index in [2.05, 4.69) is 5.32 Å². The summed E-state index contributed by atoms with van der Waals surface area (Å²) in [7, 11) is 0. The molecule has 0 saturated heterocycles. The summed E-state index contributed by atoms with van der Waals surface area (Å²) in [5.41, 5.74) is -0.0120. The second-order valence-electron chi connectivity index (χ2n) is 4.39. The van der Waals surface area contributed by atoms with Crippen LogP contribution < -0.4 is 5.32 Å². The molecule has 0 saturated carbocycles. The van der Waals surface area contributed by atoms with E-state index in [9.17, 15) is 17.6 Å². The van der Waals surface area contributed by atoms with E-state index >= 15 is 0 Å². The molecule has 6 heteroatoms. The van der Waals surface area contributed by atoms with Gasteiger partial charge in [0.05, 0.1) is 6.54 Å². The highest BCUT2D eigenvalue weighted by atomic mass is 19.2. The van der Waals surface area contributed by atoms with Gasteiger partial charge in [-0.05, 0) is 18.6 Å². The molecule has 1 N–H and O–H groups in total. The van der Waals surface area contributed by atoms with Crippen molar-refractivity contribution in [3.8, 4) is 0 Å². The topological polar surface area (TPSA) is 17.0 Å². The third-order valence-electron chi connectivity index (χ3n) is 2.95. The van der Waals surface area contributed by atoms with Crippen LogP contribution in [0.15, 0.2) is 24.4 Å². The van der Waals surface area contributed by atoms with Crippen LogP contribution in [-0.2, 0) is 13.1 Å². The molecule has 0 bridgehead atoms. The normalized spacial score (nSPS) is 10.8. The van der Waals surface area contributed by atoms with Gasteiger partial charge in [-0.1, -0.05) is 6.92 Å². The van der Waals surface area contributed by atoms with Crippen molar-refractivity contribution in [3.05, 3.63) is 53.4 Å². The maximum atomic E-state index is 13.5. The highest BCUT2D eigenvalue weighted by Gasteiger charge is 2.18. The molecule has 2 aromatic rings. The van der Waals surface area contributed by atoms with Crippen molar-refractivity contribution in [2.75, 3.05) is 5.32 Å². The smallest absolute Gasteiger partial charge is 0.185 e. The number of benzene rings is 1. The fourth-order valence-corrected chi connectivity index (χ4v) is 1.98. The van der Waals surface area contributed by atoms with Crippen molar-refractivity contribution < 1.29 is 17.6 Å². The highest BCUT2D eigenvalue weighted by Crippen LogP contribution is 2.24. The molecule has 20 heavy (non-hydrogen) atoms. The molecular formula is C14H14F4N2. The first-order chi connectivity index (χ1) is 9.54. The van der Waals surface area contributed by atoms with Gasteiger partial charge in [-0.3, -0.25) is 0 Å². The fourth-order valence-electron chi connectivity index (χ4n) is 1.98. The number of hydrogen-bond donors (Lipinski definition) is 1. The Labute approximate surface area is 114 Å². The number of aromatic nitrogens is 1. The molecule has 0 radical (unpaired) electrons. The third kappa shape index (κ3) is 2.79. The summed E-state index contributed by atoms with van der Waals surface area (Å²) in [5.74, 6) is -5.68. The lowest BCUT2D eigenvalue weighted by atomic mass is 10.2. The van der Waals surface area contributed by atoms with Crippen molar-refractivity contribution in [1.82, 2.24) is 4.57 Å². The van der Waals surface area contributed by atoms with E-state index in [-0.39, 0.29) is 12.6 Å². The van der Waals surface area contributed by atoms with Crippen LogP contribution >= 0.6 is 0 Å². The molecule has 0 unspecified atom stereocenters. The maximum absolute atomic E-state index is 13.5. The second-order valence-corrected chi connectivity index (χ2v) is 4.39. The molecule has 2 nitrogen and oxygen atoms in total. The molecule has 2 rings (SSSR count). The second kappa shape index (κ2) is 5.98. The molecule has 0 atom stereocenters. The summed E-state index contributed by atoms with van der Waals surface area (Å²) in [4.78, 5) is 0. The van der Waals surface area contributed by atoms with E-state index in [1.165, 1.54) is 0 Å². The van der Waals surface area contributed by atoms with Crippen LogP contribution in [0.3, 0.4) is 0 Å². The zero-order valence-electron chi connectivity index (χ0n) is 10.9. The molecule has 0 aliphatic heterocycles. The van der Waals surface area contributed by atoms with Gasteiger partial charge in [-0.15, -0.1) is 0 Å². The predicted octanol–water partition coefficient (Wildman–Crippen LogP) is 4.07. The molecule has 0 aliphatic carbocycles. The summed E-state index contributed by atoms with van der Waals surface area (Å²) in [5, 5.41) is 2.41. The number of halogens is 4. The first-order valence-corrected chi connectivity index (χ1v) is 6.25. The average molecular weight is 286 g/mol. The van der Waals surface area contributed by atoms with Crippen molar-refractivity contribution in [3.63, 3.8) is 0 Å². The number of rotatable bonds is 5. The summed E-state index contributed by atoms with van der Waals surface area (Å²) < 4.78 is 55.0. The van der Waals surface area contributed by atoms with E-state index in [0.717, 1.165) is 18.7 Å². The summed E-state index contributed by atoms with van der Waals surface area (Å²) in [6.45, 7) is 2.83. The Hall–Kier alpha value is -1.98. The lowest BCUT2D eigenvalue weighted by molar-refractivity contribution is 0.458. The van der Waals surface area contributed by atoms with Crippen LogP contribution in [0, 0.1) is 23.3 Å². The van der Waals surface area contributed by atoms with Crippen molar-refractivity contribution in [2.24, 2.45) is 0 Å². The maximum Gasteiger partial charge on any atom is 0.185 e. The monoisotopic (exact) mass is 286 g/mol. The largest absolute Gasteiger partial charge is 0.375 e. The van der Waals surface area contributed by atoms with E-state index in [1.807, 2.05) is 17.7 Å². The van der Waals surface area contributed by atoms with Crippen LogP contribution in [0.4, 0.5) is 23.2 Å². The van der Waals surface area contributed by atoms with Crippen LogP contribution in [-0.4, -0.2) is 4.57 Å². The summed E-state index contributed by atoms with van der Waals surface area (Å²) in [6.07, 6.45) is 2.73. The van der Waals surface area contributed by atoms with Gasteiger partial charge in [0, 0.05) is 24.5 Å². The summed E-state index contributed by atoms with van der Waals surface area (Å²) >= 11 is 0. The van der Waals surface area contributed by atoms with Gasteiger partial charge in [-0.2, -0.15) is 0 Å². The van der Waals surface area contributed by atoms with E-state index in [0.29, 0.717) is 0 Å². The lowest BCUT2D eigenvalue weighted by Crippen LogP contribution is -2.10. The van der Waals surface area contributed by atoms with Gasteiger partial charge >= 0.3 is 0 Å². The first kappa shape index (κ1) is 14.4. The minimum atomic E-state index is -1.42. The van der Waals surface area contributed by atoms with E-state index in [1.54, 1.807) is 12.1 Å². The molecule has 1 aromatic carbocycles. The minimum absolute atomic E-state index is 0.0731. The van der Waals surface area contributed by atoms with Gasteiger partial charge < -0.3 is 9.88 Å². The standard InChI is InChI=1S/C14H14F4N2/c1-2-5-20-6-3-4-9(20)8-19-14-12(17)10(15)7-11(16)13(14)18/h3-4,6-7,19H,2,5,8H2,1H3. The van der Waals surface area contributed by atoms with Crippen molar-refractivity contribution >= 4 is 5.69 Å².